The summed E-state index contributed by atoms with van der Waals surface area (Å²) < 4.78 is 74.0. The Labute approximate surface area is 169 Å². The molecule has 3 aromatic rings. The monoisotopic (exact) mass is 426 g/mol. The van der Waals surface area contributed by atoms with Gasteiger partial charge in [0, 0.05) is 27.9 Å². The molecule has 1 heterocycles. The molecule has 0 spiro atoms. The minimum atomic E-state index is -5.07. The van der Waals surface area contributed by atoms with E-state index in [1.807, 2.05) is 0 Å². The number of aromatic nitrogens is 1. The van der Waals surface area contributed by atoms with E-state index in [9.17, 15) is 27.1 Å². The second-order valence-corrected chi connectivity index (χ2v) is 6.85. The lowest BCUT2D eigenvalue weighted by Gasteiger charge is -2.29. The first-order valence-electron chi connectivity index (χ1n) is 8.94. The highest BCUT2D eigenvalue weighted by Crippen LogP contribution is 2.40. The van der Waals surface area contributed by atoms with Crippen molar-refractivity contribution >= 4 is 16.6 Å². The van der Waals surface area contributed by atoms with Crippen LogP contribution in [0.5, 0.6) is 5.75 Å². The van der Waals surface area contributed by atoms with Crippen LogP contribution in [-0.2, 0) is 0 Å². The van der Waals surface area contributed by atoms with Crippen LogP contribution >= 0.6 is 0 Å². The van der Waals surface area contributed by atoms with Gasteiger partial charge in [0.15, 0.2) is 17.7 Å². The number of aliphatic hydroxyl groups excluding tert-OH is 1. The summed E-state index contributed by atoms with van der Waals surface area (Å²) in [5.74, 6) is -2.77. The maximum Gasteiger partial charge on any atom is 0.416 e. The molecular weight excluding hydrogens is 407 g/mol. The van der Waals surface area contributed by atoms with E-state index < -0.39 is 46.8 Å². The summed E-state index contributed by atoms with van der Waals surface area (Å²) in [5, 5.41) is 13.1. The molecule has 0 saturated carbocycles. The van der Waals surface area contributed by atoms with Crippen LogP contribution < -0.4 is 10.1 Å². The first kappa shape index (κ1) is 21.8. The van der Waals surface area contributed by atoms with Crippen molar-refractivity contribution in [1.29, 1.82) is 0 Å². The third kappa shape index (κ3) is 4.02. The number of nitrogens with one attached hydrogen (secondary N) is 1. The van der Waals surface area contributed by atoms with Crippen LogP contribution in [0.3, 0.4) is 0 Å². The predicted molar refractivity (Wildman–Crippen MR) is 103 cm³/mol. The molecule has 0 fully saturated rings. The first-order chi connectivity index (χ1) is 14.0. The summed E-state index contributed by atoms with van der Waals surface area (Å²) in [6.07, 6.45) is -8.04. The van der Waals surface area contributed by atoms with Crippen LogP contribution in [0.25, 0.3) is 10.9 Å². The minimum absolute atomic E-state index is 0.205. The summed E-state index contributed by atoms with van der Waals surface area (Å²) in [7, 11) is 1.06. The number of alkyl halides is 3. The van der Waals surface area contributed by atoms with Crippen molar-refractivity contribution in [3.63, 3.8) is 0 Å². The van der Waals surface area contributed by atoms with E-state index in [-0.39, 0.29) is 5.69 Å². The van der Waals surface area contributed by atoms with E-state index in [4.69, 9.17) is 4.74 Å². The second kappa shape index (κ2) is 8.06. The smallest absolute Gasteiger partial charge is 0.416 e. The first-order valence-corrected chi connectivity index (χ1v) is 8.94. The zero-order chi connectivity index (χ0) is 22.2. The summed E-state index contributed by atoms with van der Waals surface area (Å²) in [5.41, 5.74) is 0.516. The van der Waals surface area contributed by atoms with E-state index in [1.54, 1.807) is 31.2 Å². The van der Waals surface area contributed by atoms with Crippen molar-refractivity contribution in [3.8, 4) is 5.75 Å². The van der Waals surface area contributed by atoms with Gasteiger partial charge in [-0.3, -0.25) is 4.98 Å². The molecule has 3 rings (SSSR count). The molecule has 1 aromatic heterocycles. The molecule has 4 nitrogen and oxygen atoms in total. The molecule has 30 heavy (non-hydrogen) atoms. The normalized spacial score (nSPS) is 13.9. The average Bonchev–Trinajstić information content (AvgIpc) is 2.68. The number of nitrogens with zero attached hydrogens (tertiary/aromatic N) is 1. The number of rotatable bonds is 5. The highest BCUT2D eigenvalue weighted by atomic mass is 19.4. The fourth-order valence-corrected chi connectivity index (χ4v) is 3.22. The lowest BCUT2D eigenvalue weighted by molar-refractivity contribution is -0.208. The predicted octanol–water partition coefficient (Wildman–Crippen LogP) is 5.21. The maximum absolute atomic E-state index is 14.5. The maximum atomic E-state index is 14.5. The Kier molecular flexibility index (Phi) is 5.85. The van der Waals surface area contributed by atoms with Gasteiger partial charge in [-0.1, -0.05) is 6.07 Å². The van der Waals surface area contributed by atoms with Crippen LogP contribution in [0.15, 0.2) is 36.4 Å². The largest absolute Gasteiger partial charge is 0.493 e. The number of aryl methyl sites for hydroxylation is 1. The highest BCUT2D eigenvalue weighted by Gasteiger charge is 2.46. The number of halogens is 5. The Morgan fingerprint density at radius 2 is 1.80 bits per heavy atom. The van der Waals surface area contributed by atoms with E-state index in [1.165, 1.54) is 6.07 Å². The number of methoxy groups -OCH3 is 1. The number of hydrogen-bond donors (Lipinski definition) is 2. The topological polar surface area (TPSA) is 54.4 Å². The summed E-state index contributed by atoms with van der Waals surface area (Å²) >= 11 is 0. The van der Waals surface area contributed by atoms with Crippen molar-refractivity contribution in [2.75, 3.05) is 12.4 Å². The second-order valence-electron chi connectivity index (χ2n) is 6.85. The third-order valence-corrected chi connectivity index (χ3v) is 4.80. The highest BCUT2D eigenvalue weighted by molar-refractivity contribution is 5.91. The number of ether oxygens (including phenoxy) is 1. The van der Waals surface area contributed by atoms with Crippen LogP contribution in [0.4, 0.5) is 27.6 Å². The quantitative estimate of drug-likeness (QED) is 0.550. The number of pyridine rings is 1. The van der Waals surface area contributed by atoms with Gasteiger partial charge in [0.1, 0.15) is 5.82 Å². The van der Waals surface area contributed by atoms with Gasteiger partial charge < -0.3 is 15.2 Å². The fraction of sp³-hybridized carbons (Fsp3) is 0.286. The SMILES string of the molecule is COc1c(C(Nc2cccc3nc(C)ccc23)C(O)C(F)(F)F)cc(F)c(C)c1F. The van der Waals surface area contributed by atoms with Crippen molar-refractivity contribution < 1.29 is 31.8 Å². The van der Waals surface area contributed by atoms with Gasteiger partial charge >= 0.3 is 6.18 Å². The molecule has 0 aliphatic carbocycles. The van der Waals surface area contributed by atoms with Crippen molar-refractivity contribution in [2.45, 2.75) is 32.2 Å². The van der Waals surface area contributed by atoms with Gasteiger partial charge in [-0.05, 0) is 44.2 Å². The van der Waals surface area contributed by atoms with E-state index in [0.717, 1.165) is 20.1 Å². The molecule has 9 heteroatoms. The number of aliphatic hydroxyl groups is 1. The lowest BCUT2D eigenvalue weighted by atomic mass is 9.96. The number of fused-ring (bicyclic) bond motifs is 1. The third-order valence-electron chi connectivity index (χ3n) is 4.80. The molecule has 0 aliphatic heterocycles. The van der Waals surface area contributed by atoms with Crippen LogP contribution in [0, 0.1) is 25.5 Å². The van der Waals surface area contributed by atoms with Gasteiger partial charge in [0.05, 0.1) is 18.7 Å². The van der Waals surface area contributed by atoms with Crippen molar-refractivity contribution in [3.05, 3.63) is 64.9 Å². The molecule has 0 aliphatic rings. The van der Waals surface area contributed by atoms with Gasteiger partial charge in [0.2, 0.25) is 0 Å². The Balaban J connectivity index is 2.20. The Bertz CT molecular complexity index is 1090. The van der Waals surface area contributed by atoms with Gasteiger partial charge in [-0.15, -0.1) is 0 Å². The van der Waals surface area contributed by atoms with E-state index in [2.05, 4.69) is 10.3 Å². The molecule has 2 atom stereocenters. The van der Waals surface area contributed by atoms with Crippen LogP contribution in [0.1, 0.15) is 22.9 Å². The van der Waals surface area contributed by atoms with Crippen molar-refractivity contribution in [2.24, 2.45) is 0 Å². The molecule has 0 bridgehead atoms. The Morgan fingerprint density at radius 3 is 2.43 bits per heavy atom. The molecular formula is C21H19F5N2O2. The summed E-state index contributed by atoms with van der Waals surface area (Å²) in [6, 6.07) is 6.85. The summed E-state index contributed by atoms with van der Waals surface area (Å²) in [4.78, 5) is 4.31. The van der Waals surface area contributed by atoms with Gasteiger partial charge in [0.25, 0.3) is 0 Å². The summed E-state index contributed by atoms with van der Waals surface area (Å²) in [6.45, 7) is 2.90. The van der Waals surface area contributed by atoms with Gasteiger partial charge in [-0.25, -0.2) is 8.78 Å². The Hall–Kier alpha value is -2.94. The number of anilines is 1. The number of hydrogen-bond acceptors (Lipinski definition) is 4. The molecule has 0 radical (unpaired) electrons. The zero-order valence-corrected chi connectivity index (χ0v) is 16.3. The molecule has 2 aromatic carbocycles. The van der Waals surface area contributed by atoms with E-state index >= 15 is 0 Å². The molecule has 2 N–H and O–H groups in total. The number of benzene rings is 2. The van der Waals surface area contributed by atoms with Crippen LogP contribution in [0.2, 0.25) is 0 Å². The standard InChI is InChI=1S/C21H19F5N2O2/c1-10-7-8-12-15(27-10)5-4-6-16(12)28-18(20(29)21(24,25)26)13-9-14(22)11(2)17(23)19(13)30-3/h4-9,18,20,28-29H,1-3H3. The lowest BCUT2D eigenvalue weighted by Crippen LogP contribution is -2.38. The molecule has 160 valence electrons. The van der Waals surface area contributed by atoms with Gasteiger partial charge in [-0.2, -0.15) is 13.2 Å². The minimum Gasteiger partial charge on any atom is -0.493 e. The fourth-order valence-electron chi connectivity index (χ4n) is 3.22. The molecule has 0 amide bonds. The van der Waals surface area contributed by atoms with Crippen molar-refractivity contribution in [1.82, 2.24) is 4.98 Å². The molecule has 2 unspecified atom stereocenters. The zero-order valence-electron chi connectivity index (χ0n) is 16.3. The van der Waals surface area contributed by atoms with E-state index in [0.29, 0.717) is 16.6 Å². The average molecular weight is 426 g/mol. The van der Waals surface area contributed by atoms with Crippen LogP contribution in [-0.4, -0.2) is 29.5 Å². The Morgan fingerprint density at radius 1 is 1.10 bits per heavy atom. The molecule has 0 saturated heterocycles.